The highest BCUT2D eigenvalue weighted by Gasteiger charge is 2.11. The fraction of sp³-hybridized carbons (Fsp3) is 0.211. The van der Waals surface area contributed by atoms with Gasteiger partial charge in [0, 0.05) is 5.69 Å². The lowest BCUT2D eigenvalue weighted by Gasteiger charge is -2.10. The smallest absolute Gasteiger partial charge is 0.344 e. The maximum atomic E-state index is 11.9. The van der Waals surface area contributed by atoms with Crippen molar-refractivity contribution in [3.63, 3.8) is 0 Å². The SMILES string of the molecule is CCc1ccccc1NC(=O)COC(=O)COc1ccccc1C#N. The Kier molecular flexibility index (Phi) is 6.55. The normalized spacial score (nSPS) is 9.76. The standard InChI is InChI=1S/C19H18N2O4/c1-2-14-7-3-5-9-16(14)21-18(22)12-25-19(23)13-24-17-10-6-4-8-15(17)11-20/h3-10H,2,12-13H2,1H3,(H,21,22). The molecule has 0 bridgehead atoms. The lowest BCUT2D eigenvalue weighted by atomic mass is 10.1. The number of aryl methyl sites for hydroxylation is 1. The summed E-state index contributed by atoms with van der Waals surface area (Å²) in [5, 5.41) is 11.7. The Bertz CT molecular complexity index is 796. The monoisotopic (exact) mass is 338 g/mol. The summed E-state index contributed by atoms with van der Waals surface area (Å²) in [5.41, 5.74) is 2.02. The number of para-hydroxylation sites is 2. The Morgan fingerprint density at radius 3 is 2.56 bits per heavy atom. The molecule has 2 rings (SSSR count). The number of nitrogens with zero attached hydrogens (tertiary/aromatic N) is 1. The summed E-state index contributed by atoms with van der Waals surface area (Å²) in [6.07, 6.45) is 0.780. The number of rotatable bonds is 7. The van der Waals surface area contributed by atoms with Crippen LogP contribution in [0.15, 0.2) is 48.5 Å². The number of nitriles is 1. The summed E-state index contributed by atoms with van der Waals surface area (Å²) in [4.78, 5) is 23.6. The van der Waals surface area contributed by atoms with Gasteiger partial charge in [-0.15, -0.1) is 0 Å². The number of hydrogen-bond acceptors (Lipinski definition) is 5. The van der Waals surface area contributed by atoms with Gasteiger partial charge in [-0.1, -0.05) is 37.3 Å². The van der Waals surface area contributed by atoms with Gasteiger partial charge in [0.15, 0.2) is 13.2 Å². The Labute approximate surface area is 146 Å². The van der Waals surface area contributed by atoms with Crippen LogP contribution in [0.5, 0.6) is 5.75 Å². The van der Waals surface area contributed by atoms with Gasteiger partial charge < -0.3 is 14.8 Å². The molecule has 0 aliphatic rings. The van der Waals surface area contributed by atoms with Crippen molar-refractivity contribution in [2.45, 2.75) is 13.3 Å². The van der Waals surface area contributed by atoms with Crippen LogP contribution < -0.4 is 10.1 Å². The average Bonchev–Trinajstić information content (AvgIpc) is 2.65. The third-order valence-corrected chi connectivity index (χ3v) is 3.39. The van der Waals surface area contributed by atoms with Crippen molar-refractivity contribution in [2.75, 3.05) is 18.5 Å². The van der Waals surface area contributed by atoms with Crippen LogP contribution in [0.3, 0.4) is 0 Å². The van der Waals surface area contributed by atoms with Gasteiger partial charge in [-0.25, -0.2) is 4.79 Å². The number of nitrogens with one attached hydrogen (secondary N) is 1. The zero-order valence-corrected chi connectivity index (χ0v) is 13.8. The minimum absolute atomic E-state index is 0.295. The van der Waals surface area contributed by atoms with Crippen LogP contribution in [0, 0.1) is 11.3 Å². The van der Waals surface area contributed by atoms with Gasteiger partial charge in [0.2, 0.25) is 0 Å². The number of carbonyl (C=O) groups excluding carboxylic acids is 2. The van der Waals surface area contributed by atoms with Crippen molar-refractivity contribution >= 4 is 17.6 Å². The number of benzene rings is 2. The topological polar surface area (TPSA) is 88.4 Å². The highest BCUT2D eigenvalue weighted by Crippen LogP contribution is 2.16. The predicted octanol–water partition coefficient (Wildman–Crippen LogP) is 2.68. The van der Waals surface area contributed by atoms with Gasteiger partial charge in [-0.05, 0) is 30.2 Å². The van der Waals surface area contributed by atoms with Crippen LogP contribution in [0.1, 0.15) is 18.1 Å². The molecule has 6 heteroatoms. The molecule has 1 amide bonds. The highest BCUT2D eigenvalue weighted by atomic mass is 16.6. The first-order valence-electron chi connectivity index (χ1n) is 7.79. The molecule has 0 unspecified atom stereocenters. The fourth-order valence-corrected chi connectivity index (χ4v) is 2.15. The second-order valence-electron chi connectivity index (χ2n) is 5.12. The van der Waals surface area contributed by atoms with Crippen molar-refractivity contribution in [3.8, 4) is 11.8 Å². The molecule has 0 aliphatic heterocycles. The first kappa shape index (κ1) is 18.0. The summed E-state index contributed by atoms with van der Waals surface area (Å²) in [5.74, 6) is -0.818. The molecule has 0 fully saturated rings. The molecule has 0 spiro atoms. The van der Waals surface area contributed by atoms with E-state index in [1.165, 1.54) is 0 Å². The summed E-state index contributed by atoms with van der Waals surface area (Å²) in [6.45, 7) is 1.21. The van der Waals surface area contributed by atoms with Crippen molar-refractivity contribution in [1.29, 1.82) is 5.26 Å². The molecule has 0 atom stereocenters. The molecule has 0 radical (unpaired) electrons. The van der Waals surface area contributed by atoms with E-state index in [9.17, 15) is 9.59 Å². The minimum Gasteiger partial charge on any atom is -0.481 e. The number of carbonyl (C=O) groups is 2. The van der Waals surface area contributed by atoms with E-state index in [0.29, 0.717) is 17.0 Å². The first-order valence-corrected chi connectivity index (χ1v) is 7.79. The minimum atomic E-state index is -0.688. The second-order valence-corrected chi connectivity index (χ2v) is 5.12. The molecule has 6 nitrogen and oxygen atoms in total. The predicted molar refractivity (Wildman–Crippen MR) is 92.1 cm³/mol. The van der Waals surface area contributed by atoms with Crippen LogP contribution in [-0.4, -0.2) is 25.1 Å². The van der Waals surface area contributed by atoms with Gasteiger partial charge >= 0.3 is 5.97 Å². The van der Waals surface area contributed by atoms with Gasteiger partial charge in [0.1, 0.15) is 11.8 Å². The maximum absolute atomic E-state index is 11.9. The molecule has 1 N–H and O–H groups in total. The molecule has 128 valence electrons. The number of esters is 1. The van der Waals surface area contributed by atoms with E-state index in [1.807, 2.05) is 31.2 Å². The van der Waals surface area contributed by atoms with E-state index in [1.54, 1.807) is 30.3 Å². The van der Waals surface area contributed by atoms with Gasteiger partial charge in [0.05, 0.1) is 5.56 Å². The second kappa shape index (κ2) is 9.08. The number of ether oxygens (including phenoxy) is 2. The van der Waals surface area contributed by atoms with Crippen molar-refractivity contribution in [2.24, 2.45) is 0 Å². The summed E-state index contributed by atoms with van der Waals surface area (Å²) in [7, 11) is 0. The summed E-state index contributed by atoms with van der Waals surface area (Å²) in [6, 6.07) is 15.9. The van der Waals surface area contributed by atoms with Gasteiger partial charge in [0.25, 0.3) is 5.91 Å². The molecular weight excluding hydrogens is 320 g/mol. The average molecular weight is 338 g/mol. The largest absolute Gasteiger partial charge is 0.481 e. The Hall–Kier alpha value is -3.33. The van der Waals surface area contributed by atoms with Crippen LogP contribution in [-0.2, 0) is 20.7 Å². The van der Waals surface area contributed by atoms with E-state index < -0.39 is 18.5 Å². The molecule has 0 aliphatic carbocycles. The van der Waals surface area contributed by atoms with Crippen LogP contribution in [0.2, 0.25) is 0 Å². The van der Waals surface area contributed by atoms with E-state index in [-0.39, 0.29) is 6.61 Å². The van der Waals surface area contributed by atoms with Crippen molar-refractivity contribution in [1.82, 2.24) is 0 Å². The third-order valence-electron chi connectivity index (χ3n) is 3.39. The Morgan fingerprint density at radius 1 is 1.08 bits per heavy atom. The van der Waals surface area contributed by atoms with Gasteiger partial charge in [-0.2, -0.15) is 5.26 Å². The summed E-state index contributed by atoms with van der Waals surface area (Å²) < 4.78 is 10.1. The zero-order valence-electron chi connectivity index (χ0n) is 13.8. The van der Waals surface area contributed by atoms with Crippen molar-refractivity contribution in [3.05, 3.63) is 59.7 Å². The highest BCUT2D eigenvalue weighted by molar-refractivity contribution is 5.93. The quantitative estimate of drug-likeness (QED) is 0.784. The molecule has 2 aromatic rings. The fourth-order valence-electron chi connectivity index (χ4n) is 2.15. The number of anilines is 1. The van der Waals surface area contributed by atoms with Gasteiger partial charge in [-0.3, -0.25) is 4.79 Å². The molecule has 0 heterocycles. The molecule has 25 heavy (non-hydrogen) atoms. The molecular formula is C19H18N2O4. The Balaban J connectivity index is 1.80. The maximum Gasteiger partial charge on any atom is 0.344 e. The molecule has 0 saturated heterocycles. The molecule has 0 aromatic heterocycles. The van der Waals surface area contributed by atoms with Crippen LogP contribution >= 0.6 is 0 Å². The van der Waals surface area contributed by atoms with Crippen LogP contribution in [0.4, 0.5) is 5.69 Å². The Morgan fingerprint density at radius 2 is 1.80 bits per heavy atom. The van der Waals surface area contributed by atoms with E-state index in [4.69, 9.17) is 14.7 Å². The lowest BCUT2D eigenvalue weighted by Crippen LogP contribution is -2.24. The van der Waals surface area contributed by atoms with Crippen LogP contribution in [0.25, 0.3) is 0 Å². The van der Waals surface area contributed by atoms with Crippen molar-refractivity contribution < 1.29 is 19.1 Å². The van der Waals surface area contributed by atoms with E-state index in [0.717, 1.165) is 12.0 Å². The number of amides is 1. The zero-order chi connectivity index (χ0) is 18.1. The summed E-state index contributed by atoms with van der Waals surface area (Å²) >= 11 is 0. The molecule has 2 aromatic carbocycles. The lowest BCUT2D eigenvalue weighted by molar-refractivity contribution is -0.149. The van der Waals surface area contributed by atoms with E-state index in [2.05, 4.69) is 5.32 Å². The molecule has 0 saturated carbocycles. The first-order chi connectivity index (χ1) is 12.1. The number of hydrogen-bond donors (Lipinski definition) is 1. The van der Waals surface area contributed by atoms with E-state index >= 15 is 0 Å². The third kappa shape index (κ3) is 5.36.